The summed E-state index contributed by atoms with van der Waals surface area (Å²) in [6.07, 6.45) is 11.6. The van der Waals surface area contributed by atoms with Crippen molar-refractivity contribution >= 4 is 5.57 Å². The molecule has 8 N–H and O–H groups in total. The van der Waals surface area contributed by atoms with Crippen molar-refractivity contribution in [2.75, 3.05) is 19.6 Å². The lowest BCUT2D eigenvalue weighted by atomic mass is 9.88. The number of nitrogens with zero attached hydrogens (tertiary/aromatic N) is 1. The molecule has 0 aromatic heterocycles. The molecule has 0 bridgehead atoms. The van der Waals surface area contributed by atoms with E-state index in [0.717, 1.165) is 0 Å². The molecule has 0 atom stereocenters. The molecule has 1 saturated heterocycles. The van der Waals surface area contributed by atoms with E-state index in [0.29, 0.717) is 0 Å². The van der Waals surface area contributed by atoms with Gasteiger partial charge in [0.1, 0.15) is 0 Å². The standard InChI is InChI=1S/C21H25N.C2H2.4H2O/c1-2-15-22-16-13-20(14-17-22)21(18-9-5-3-6-10-18)19-11-7-4-8-12-19;1-2;;;;/h3-12H,2,13-17H2,1H3;1-2H;4*1H2. The molecule has 2 aromatic rings. The van der Waals surface area contributed by atoms with Gasteiger partial charge in [-0.1, -0.05) is 73.2 Å². The maximum Gasteiger partial charge on any atom is 0.00190 e. The van der Waals surface area contributed by atoms with Gasteiger partial charge in [0.05, 0.1) is 0 Å². The number of hydrogen-bond donors (Lipinski definition) is 0. The van der Waals surface area contributed by atoms with Crippen LogP contribution in [0.1, 0.15) is 37.3 Å². The molecule has 28 heavy (non-hydrogen) atoms. The van der Waals surface area contributed by atoms with E-state index in [4.69, 9.17) is 0 Å². The van der Waals surface area contributed by atoms with Gasteiger partial charge in [-0.25, -0.2) is 0 Å². The number of benzene rings is 2. The van der Waals surface area contributed by atoms with Crippen molar-refractivity contribution < 1.29 is 21.9 Å². The first-order valence-electron chi connectivity index (χ1n) is 8.77. The third-order valence-electron chi connectivity index (χ3n) is 4.48. The number of rotatable bonds is 4. The van der Waals surface area contributed by atoms with Crippen LogP contribution in [0, 0.1) is 12.8 Å². The molecule has 1 fully saturated rings. The fourth-order valence-electron chi connectivity index (χ4n) is 3.40. The second-order valence-electron chi connectivity index (χ2n) is 6.05. The minimum atomic E-state index is 0. The zero-order valence-corrected chi connectivity index (χ0v) is 16.6. The summed E-state index contributed by atoms with van der Waals surface area (Å²) in [6.45, 7) is 5.91. The molecule has 3 rings (SSSR count). The molecule has 0 aliphatic carbocycles. The average molecular weight is 390 g/mol. The van der Waals surface area contributed by atoms with Crippen molar-refractivity contribution in [1.82, 2.24) is 4.90 Å². The van der Waals surface area contributed by atoms with Crippen LogP contribution in [-0.2, 0) is 0 Å². The predicted octanol–water partition coefficient (Wildman–Crippen LogP) is 1.94. The van der Waals surface area contributed by atoms with Crippen molar-refractivity contribution in [3.63, 3.8) is 0 Å². The Balaban J connectivity index is -0.00000101. The molecule has 0 saturated carbocycles. The van der Waals surface area contributed by atoms with Crippen LogP contribution in [0.2, 0.25) is 0 Å². The van der Waals surface area contributed by atoms with Gasteiger partial charge in [-0.2, -0.15) is 0 Å². The maximum atomic E-state index is 4.00. The van der Waals surface area contributed by atoms with Gasteiger partial charge in [0, 0.05) is 13.1 Å². The van der Waals surface area contributed by atoms with Gasteiger partial charge in [-0.3, -0.25) is 0 Å². The first kappa shape index (κ1) is 30.3. The highest BCUT2D eigenvalue weighted by atomic mass is 16.0. The van der Waals surface area contributed by atoms with Crippen molar-refractivity contribution in [3.05, 3.63) is 77.4 Å². The SMILES string of the molecule is C#C.CCCN1CCC(=C(c2ccccc2)c2ccccc2)CC1.O.O.O.O. The molecule has 5 heteroatoms. The Hall–Kier alpha value is -2.46. The van der Waals surface area contributed by atoms with Crippen LogP contribution in [0.5, 0.6) is 0 Å². The van der Waals surface area contributed by atoms with Gasteiger partial charge in [0.25, 0.3) is 0 Å². The van der Waals surface area contributed by atoms with E-state index in [1.807, 2.05) is 0 Å². The van der Waals surface area contributed by atoms with E-state index in [2.05, 4.69) is 85.3 Å². The molecule has 1 heterocycles. The number of hydrogen-bond acceptors (Lipinski definition) is 1. The van der Waals surface area contributed by atoms with Crippen LogP contribution >= 0.6 is 0 Å². The van der Waals surface area contributed by atoms with Gasteiger partial charge < -0.3 is 26.8 Å². The average Bonchev–Trinajstić information content (AvgIpc) is 2.67. The van der Waals surface area contributed by atoms with Crippen LogP contribution in [-0.4, -0.2) is 46.4 Å². The van der Waals surface area contributed by atoms with Crippen LogP contribution < -0.4 is 0 Å². The minimum absolute atomic E-state index is 0. The van der Waals surface area contributed by atoms with Crippen LogP contribution in [0.3, 0.4) is 0 Å². The summed E-state index contributed by atoms with van der Waals surface area (Å²) in [4.78, 5) is 2.59. The van der Waals surface area contributed by atoms with Crippen LogP contribution in [0.4, 0.5) is 0 Å². The number of likely N-dealkylation sites (tertiary alicyclic amines) is 1. The lowest BCUT2D eigenvalue weighted by Gasteiger charge is -2.30. The molecule has 2 aromatic carbocycles. The first-order chi connectivity index (χ1) is 11.9. The summed E-state index contributed by atoms with van der Waals surface area (Å²) < 4.78 is 0. The second kappa shape index (κ2) is 16.7. The van der Waals surface area contributed by atoms with Gasteiger partial charge >= 0.3 is 0 Å². The van der Waals surface area contributed by atoms with Crippen molar-refractivity contribution in [2.24, 2.45) is 0 Å². The normalized spacial score (nSPS) is 12.5. The molecule has 0 amide bonds. The Morgan fingerprint density at radius 2 is 1.14 bits per heavy atom. The zero-order chi connectivity index (χ0) is 17.2. The maximum absolute atomic E-state index is 4.00. The highest BCUT2D eigenvalue weighted by Gasteiger charge is 2.18. The van der Waals surface area contributed by atoms with E-state index in [-0.39, 0.29) is 21.9 Å². The van der Waals surface area contributed by atoms with E-state index in [1.54, 1.807) is 5.57 Å². The number of piperidine rings is 1. The van der Waals surface area contributed by atoms with Crippen molar-refractivity contribution in [3.8, 4) is 12.8 Å². The third kappa shape index (κ3) is 8.05. The lowest BCUT2D eigenvalue weighted by Crippen LogP contribution is -2.31. The zero-order valence-electron chi connectivity index (χ0n) is 16.6. The van der Waals surface area contributed by atoms with Crippen molar-refractivity contribution in [2.45, 2.75) is 26.2 Å². The highest BCUT2D eigenvalue weighted by Crippen LogP contribution is 2.32. The van der Waals surface area contributed by atoms with Crippen LogP contribution in [0.25, 0.3) is 5.57 Å². The van der Waals surface area contributed by atoms with Gasteiger partial charge in [-0.15, -0.1) is 12.8 Å². The van der Waals surface area contributed by atoms with E-state index in [1.165, 1.54) is 55.6 Å². The Morgan fingerprint density at radius 3 is 1.50 bits per heavy atom. The van der Waals surface area contributed by atoms with E-state index in [9.17, 15) is 0 Å². The summed E-state index contributed by atoms with van der Waals surface area (Å²) in [5, 5.41) is 0. The Bertz CT molecular complexity index is 617. The quantitative estimate of drug-likeness (QED) is 0.727. The van der Waals surface area contributed by atoms with Gasteiger partial charge in [0.2, 0.25) is 0 Å². The topological polar surface area (TPSA) is 129 Å². The van der Waals surface area contributed by atoms with Gasteiger partial charge in [0.15, 0.2) is 0 Å². The minimum Gasteiger partial charge on any atom is -0.412 e. The Morgan fingerprint density at radius 1 is 0.750 bits per heavy atom. The lowest BCUT2D eigenvalue weighted by molar-refractivity contribution is 0.257. The molecular weight excluding hydrogens is 354 g/mol. The number of terminal acetylenes is 1. The summed E-state index contributed by atoms with van der Waals surface area (Å²) in [5.74, 6) is 0. The molecule has 156 valence electrons. The summed E-state index contributed by atoms with van der Waals surface area (Å²) in [5.41, 5.74) is 5.78. The molecule has 1 aliphatic rings. The smallest absolute Gasteiger partial charge is 0.00190 e. The third-order valence-corrected chi connectivity index (χ3v) is 4.48. The molecular formula is C23H35NO4. The van der Waals surface area contributed by atoms with Crippen molar-refractivity contribution in [1.29, 1.82) is 0 Å². The Kier molecular flexibility index (Phi) is 18.1. The monoisotopic (exact) mass is 389 g/mol. The largest absolute Gasteiger partial charge is 0.412 e. The second-order valence-corrected chi connectivity index (χ2v) is 6.05. The summed E-state index contributed by atoms with van der Waals surface area (Å²) in [7, 11) is 0. The molecule has 0 radical (unpaired) electrons. The van der Waals surface area contributed by atoms with E-state index >= 15 is 0 Å². The fourth-order valence-corrected chi connectivity index (χ4v) is 3.40. The summed E-state index contributed by atoms with van der Waals surface area (Å²) >= 11 is 0. The van der Waals surface area contributed by atoms with Gasteiger partial charge in [-0.05, 0) is 42.5 Å². The fraction of sp³-hybridized carbons (Fsp3) is 0.304. The molecule has 1 aliphatic heterocycles. The van der Waals surface area contributed by atoms with Crippen LogP contribution in [0.15, 0.2) is 66.2 Å². The Labute approximate surface area is 168 Å². The predicted molar refractivity (Wildman–Crippen MR) is 119 cm³/mol. The van der Waals surface area contributed by atoms with E-state index < -0.39 is 0 Å². The highest BCUT2D eigenvalue weighted by molar-refractivity contribution is 5.82. The molecule has 0 unspecified atom stereocenters. The first-order valence-corrected chi connectivity index (χ1v) is 8.77. The summed E-state index contributed by atoms with van der Waals surface area (Å²) in [6, 6.07) is 21.7. The molecule has 5 nitrogen and oxygen atoms in total. The molecule has 0 spiro atoms.